The molecule has 2 unspecified atom stereocenters. The van der Waals surface area contributed by atoms with Crippen LogP contribution in [0.5, 0.6) is 0 Å². The molecule has 1 aliphatic heterocycles. The molecule has 1 aliphatic rings. The van der Waals surface area contributed by atoms with Crippen molar-refractivity contribution in [1.29, 1.82) is 0 Å². The average Bonchev–Trinajstić information content (AvgIpc) is 2.66. The zero-order valence-electron chi connectivity index (χ0n) is 11.0. The summed E-state index contributed by atoms with van der Waals surface area (Å²) in [5, 5.41) is 9.34. The second-order valence-corrected chi connectivity index (χ2v) is 5.97. The molecule has 0 bridgehead atoms. The van der Waals surface area contributed by atoms with Crippen molar-refractivity contribution in [2.75, 3.05) is 6.54 Å². The van der Waals surface area contributed by atoms with Crippen LogP contribution < -0.4 is 0 Å². The number of carboxylic acids is 1. The van der Waals surface area contributed by atoms with Crippen LogP contribution in [-0.4, -0.2) is 39.0 Å². The van der Waals surface area contributed by atoms with E-state index in [9.17, 15) is 14.7 Å². The summed E-state index contributed by atoms with van der Waals surface area (Å²) in [5.74, 6) is -1.15. The number of carboxylic acid groups (broad SMARTS) is 1. The van der Waals surface area contributed by atoms with Crippen molar-refractivity contribution in [3.63, 3.8) is 0 Å². The number of likely N-dealkylation sites (tertiary alicyclic amines) is 1. The lowest BCUT2D eigenvalue weighted by Crippen LogP contribution is -2.52. The third-order valence-corrected chi connectivity index (χ3v) is 4.07. The van der Waals surface area contributed by atoms with Gasteiger partial charge in [-0.1, -0.05) is 6.92 Å². The fraction of sp³-hybridized carbons (Fsp3) is 0.538. The van der Waals surface area contributed by atoms with Gasteiger partial charge in [0.15, 0.2) is 0 Å². The van der Waals surface area contributed by atoms with Crippen molar-refractivity contribution >= 4 is 27.8 Å². The number of halogens is 1. The zero-order valence-corrected chi connectivity index (χ0v) is 12.6. The quantitative estimate of drug-likeness (QED) is 0.904. The molecular weight excluding hydrogens is 312 g/mol. The molecule has 0 saturated carbocycles. The molecule has 104 valence electrons. The van der Waals surface area contributed by atoms with E-state index in [0.717, 1.165) is 17.3 Å². The van der Waals surface area contributed by atoms with E-state index in [1.165, 1.54) is 4.90 Å². The molecule has 1 fully saturated rings. The first-order chi connectivity index (χ1) is 8.91. The fourth-order valence-electron chi connectivity index (χ4n) is 2.68. The molecule has 6 heteroatoms. The van der Waals surface area contributed by atoms with E-state index in [4.69, 9.17) is 0 Å². The van der Waals surface area contributed by atoms with E-state index in [1.54, 1.807) is 23.9 Å². The number of carbonyl (C=O) groups excluding carboxylic acids is 1. The molecule has 1 saturated heterocycles. The molecule has 19 heavy (non-hydrogen) atoms. The van der Waals surface area contributed by atoms with Gasteiger partial charge in [-0.3, -0.25) is 4.79 Å². The molecular formula is C13H17BrN2O3. The summed E-state index contributed by atoms with van der Waals surface area (Å²) < 4.78 is 2.53. The molecule has 0 spiro atoms. The second kappa shape index (κ2) is 5.36. The summed E-state index contributed by atoms with van der Waals surface area (Å²) in [4.78, 5) is 25.4. The number of aromatic nitrogens is 1. The topological polar surface area (TPSA) is 62.5 Å². The zero-order chi connectivity index (χ0) is 14.2. The highest BCUT2D eigenvalue weighted by atomic mass is 79.9. The number of rotatable bonds is 2. The van der Waals surface area contributed by atoms with Crippen LogP contribution in [0.3, 0.4) is 0 Å². The van der Waals surface area contributed by atoms with Crippen LogP contribution in [0.1, 0.15) is 30.3 Å². The smallest absolute Gasteiger partial charge is 0.326 e. The lowest BCUT2D eigenvalue weighted by atomic mass is 9.90. The van der Waals surface area contributed by atoms with Crippen LogP contribution in [0.2, 0.25) is 0 Å². The number of carbonyl (C=O) groups is 2. The van der Waals surface area contributed by atoms with Gasteiger partial charge in [-0.25, -0.2) is 4.79 Å². The minimum Gasteiger partial charge on any atom is -0.480 e. The third kappa shape index (κ3) is 2.68. The number of amides is 1. The summed E-state index contributed by atoms with van der Waals surface area (Å²) in [5.41, 5.74) is 0.507. The van der Waals surface area contributed by atoms with E-state index in [2.05, 4.69) is 15.9 Å². The van der Waals surface area contributed by atoms with E-state index < -0.39 is 12.0 Å². The Labute approximate surface area is 120 Å². The van der Waals surface area contributed by atoms with Crippen molar-refractivity contribution in [2.24, 2.45) is 13.0 Å². The molecule has 1 amide bonds. The van der Waals surface area contributed by atoms with Crippen LogP contribution in [0.4, 0.5) is 0 Å². The van der Waals surface area contributed by atoms with Crippen LogP contribution in [0.25, 0.3) is 0 Å². The molecule has 2 rings (SSSR count). The fourth-order valence-corrected chi connectivity index (χ4v) is 3.20. The SMILES string of the molecule is CC1CCCN(C(=O)c2cc(Br)cn2C)C1C(=O)O. The molecule has 5 nitrogen and oxygen atoms in total. The van der Waals surface area contributed by atoms with E-state index in [-0.39, 0.29) is 11.8 Å². The number of aliphatic carboxylic acids is 1. The number of nitrogens with zero attached hydrogens (tertiary/aromatic N) is 2. The molecule has 1 aromatic heterocycles. The number of aryl methyl sites for hydroxylation is 1. The predicted octanol–water partition coefficient (Wildman–Crippen LogP) is 2.11. The largest absolute Gasteiger partial charge is 0.480 e. The molecule has 1 aromatic rings. The Morgan fingerprint density at radius 2 is 2.16 bits per heavy atom. The molecule has 0 aliphatic carbocycles. The van der Waals surface area contributed by atoms with Crippen LogP contribution >= 0.6 is 15.9 Å². The lowest BCUT2D eigenvalue weighted by Gasteiger charge is -2.37. The lowest BCUT2D eigenvalue weighted by molar-refractivity contribution is -0.145. The molecule has 0 radical (unpaired) electrons. The number of piperidine rings is 1. The maximum absolute atomic E-state index is 12.5. The van der Waals surface area contributed by atoms with Gasteiger partial charge in [0.2, 0.25) is 0 Å². The van der Waals surface area contributed by atoms with Gasteiger partial charge in [0, 0.05) is 24.3 Å². The highest BCUT2D eigenvalue weighted by Gasteiger charge is 2.37. The Bertz CT molecular complexity index is 512. The molecule has 1 N–H and O–H groups in total. The number of hydrogen-bond acceptors (Lipinski definition) is 2. The van der Waals surface area contributed by atoms with Crippen molar-refractivity contribution < 1.29 is 14.7 Å². The first-order valence-electron chi connectivity index (χ1n) is 6.27. The normalized spacial score (nSPS) is 23.4. The monoisotopic (exact) mass is 328 g/mol. The highest BCUT2D eigenvalue weighted by Crippen LogP contribution is 2.26. The standard InChI is InChI=1S/C13H17BrN2O3/c1-8-4-3-5-16(11(8)13(18)19)12(17)10-6-9(14)7-15(10)2/h6-8,11H,3-5H2,1-2H3,(H,18,19). The Morgan fingerprint density at radius 1 is 1.47 bits per heavy atom. The van der Waals surface area contributed by atoms with Crippen molar-refractivity contribution in [3.8, 4) is 0 Å². The Hall–Kier alpha value is -1.30. The summed E-state index contributed by atoms with van der Waals surface area (Å²) in [7, 11) is 1.78. The molecule has 2 atom stereocenters. The summed E-state index contributed by atoms with van der Waals surface area (Å²) >= 11 is 3.32. The van der Waals surface area contributed by atoms with Gasteiger partial charge in [0.1, 0.15) is 11.7 Å². The van der Waals surface area contributed by atoms with Crippen molar-refractivity contribution in [1.82, 2.24) is 9.47 Å². The maximum Gasteiger partial charge on any atom is 0.326 e. The Morgan fingerprint density at radius 3 is 2.68 bits per heavy atom. The first-order valence-corrected chi connectivity index (χ1v) is 7.06. The highest BCUT2D eigenvalue weighted by molar-refractivity contribution is 9.10. The van der Waals surface area contributed by atoms with Gasteiger partial charge in [-0.15, -0.1) is 0 Å². The third-order valence-electron chi connectivity index (χ3n) is 3.64. The minimum absolute atomic E-state index is 0.0149. The van der Waals surface area contributed by atoms with E-state index >= 15 is 0 Å². The Kier molecular flexibility index (Phi) is 3.99. The van der Waals surface area contributed by atoms with Gasteiger partial charge >= 0.3 is 5.97 Å². The van der Waals surface area contributed by atoms with Gasteiger partial charge in [0.05, 0.1) is 0 Å². The molecule has 2 heterocycles. The molecule has 0 aromatic carbocycles. The van der Waals surface area contributed by atoms with Crippen LogP contribution in [0, 0.1) is 5.92 Å². The van der Waals surface area contributed by atoms with Crippen LogP contribution in [-0.2, 0) is 11.8 Å². The summed E-state index contributed by atoms with van der Waals surface area (Å²) in [6.07, 6.45) is 3.48. The van der Waals surface area contributed by atoms with Gasteiger partial charge in [0.25, 0.3) is 5.91 Å². The minimum atomic E-state index is -0.922. The second-order valence-electron chi connectivity index (χ2n) is 5.06. The average molecular weight is 329 g/mol. The Balaban J connectivity index is 2.30. The van der Waals surface area contributed by atoms with Crippen LogP contribution in [0.15, 0.2) is 16.7 Å². The van der Waals surface area contributed by atoms with Crippen molar-refractivity contribution in [2.45, 2.75) is 25.8 Å². The van der Waals surface area contributed by atoms with E-state index in [0.29, 0.717) is 12.2 Å². The summed E-state index contributed by atoms with van der Waals surface area (Å²) in [6.45, 7) is 2.39. The van der Waals surface area contributed by atoms with Gasteiger partial charge < -0.3 is 14.6 Å². The maximum atomic E-state index is 12.5. The van der Waals surface area contributed by atoms with Gasteiger partial charge in [-0.2, -0.15) is 0 Å². The summed E-state index contributed by atoms with van der Waals surface area (Å²) in [6, 6.07) is 0.996. The first kappa shape index (κ1) is 14.1. The number of hydrogen-bond donors (Lipinski definition) is 1. The van der Waals surface area contributed by atoms with E-state index in [1.807, 2.05) is 6.92 Å². The van der Waals surface area contributed by atoms with Crippen molar-refractivity contribution in [3.05, 3.63) is 22.4 Å². The predicted molar refractivity (Wildman–Crippen MR) is 74.0 cm³/mol. The van der Waals surface area contributed by atoms with Gasteiger partial charge in [-0.05, 0) is 40.8 Å².